The van der Waals surface area contributed by atoms with Crippen LogP contribution in [-0.2, 0) is 37.2 Å². The molecule has 3 aromatic carbocycles. The zero-order valence-electron chi connectivity index (χ0n) is 32.5. The lowest BCUT2D eigenvalue weighted by Gasteiger charge is -2.30. The van der Waals surface area contributed by atoms with Crippen molar-refractivity contribution >= 4 is 36.2 Å². The Morgan fingerprint density at radius 3 is 2.61 bits per heavy atom. The minimum absolute atomic E-state index is 0.107. The van der Waals surface area contributed by atoms with Gasteiger partial charge in [0.1, 0.15) is 35.6 Å². The number of ether oxygens (including phenoxy) is 1. The molecule has 2 amide bonds. The van der Waals surface area contributed by atoms with E-state index in [0.29, 0.717) is 28.4 Å². The highest BCUT2D eigenvalue weighted by Crippen LogP contribution is 2.61. The van der Waals surface area contributed by atoms with Gasteiger partial charge in [0.05, 0.1) is 11.7 Å². The fourth-order valence-electron chi connectivity index (χ4n) is 9.13. The first kappa shape index (κ1) is 37.5. The number of carbonyl (C=O) groups excluding carboxylic acids is 2. The fourth-order valence-corrected chi connectivity index (χ4v) is 9.40. The third kappa shape index (κ3) is 5.54. The number of aromatic nitrogens is 3. The lowest BCUT2D eigenvalue weighted by Crippen LogP contribution is -2.55. The number of benzene rings is 3. The molecule has 4 aliphatic heterocycles. The van der Waals surface area contributed by atoms with Crippen molar-refractivity contribution in [2.75, 3.05) is 5.32 Å². The monoisotopic (exact) mass is 820 g/mol. The van der Waals surface area contributed by atoms with Crippen molar-refractivity contribution in [2.45, 2.75) is 83.0 Å². The molecule has 16 nitrogen and oxygen atoms in total. The first-order valence-electron chi connectivity index (χ1n) is 19.6. The third-order valence-electron chi connectivity index (χ3n) is 12.3. The number of aliphatic hydroxyl groups is 1. The van der Waals surface area contributed by atoms with E-state index in [1.54, 1.807) is 30.8 Å². The molecule has 1 spiro atoms. The predicted molar refractivity (Wildman–Crippen MR) is 213 cm³/mol. The van der Waals surface area contributed by atoms with Gasteiger partial charge in [-0.1, -0.05) is 70.2 Å². The van der Waals surface area contributed by atoms with E-state index in [4.69, 9.17) is 28.1 Å². The van der Waals surface area contributed by atoms with Crippen molar-refractivity contribution in [3.8, 4) is 39.8 Å². The van der Waals surface area contributed by atoms with Crippen LogP contribution in [0.15, 0.2) is 75.8 Å². The molecule has 0 radical (unpaired) electrons. The van der Waals surface area contributed by atoms with Crippen LogP contribution in [0, 0.1) is 5.92 Å². The van der Waals surface area contributed by atoms with Crippen LogP contribution in [0.25, 0.3) is 44.9 Å². The molecule has 17 heteroatoms. The van der Waals surface area contributed by atoms with Crippen molar-refractivity contribution in [3.63, 3.8) is 0 Å². The van der Waals surface area contributed by atoms with E-state index in [9.17, 15) is 29.0 Å². The third-order valence-corrected chi connectivity index (χ3v) is 12.7. The van der Waals surface area contributed by atoms with Crippen molar-refractivity contribution in [3.05, 3.63) is 95.3 Å². The predicted octanol–water partition coefficient (Wildman–Crippen LogP) is 5.88. The van der Waals surface area contributed by atoms with Crippen LogP contribution in [0.2, 0.25) is 0 Å². The quantitative estimate of drug-likeness (QED) is 0.0989. The normalized spacial score (nSPS) is 21.3. The molecule has 0 saturated carbocycles. The molecule has 0 saturated heterocycles. The Morgan fingerprint density at radius 1 is 1.07 bits per heavy atom. The lowest BCUT2D eigenvalue weighted by atomic mass is 9.72. The number of hydrogen-bond acceptors (Lipinski definition) is 11. The van der Waals surface area contributed by atoms with Gasteiger partial charge in [-0.05, 0) is 42.0 Å². The summed E-state index contributed by atoms with van der Waals surface area (Å²) in [4.78, 5) is 57.0. The number of anilines is 1. The van der Waals surface area contributed by atoms with Gasteiger partial charge in [0.25, 0.3) is 5.91 Å². The largest absolute Gasteiger partial charge is 0.471 e. The second kappa shape index (κ2) is 13.1. The van der Waals surface area contributed by atoms with Crippen LogP contribution in [0.4, 0.5) is 5.69 Å². The highest BCUT2D eigenvalue weighted by atomic mass is 31.2. The van der Waals surface area contributed by atoms with E-state index in [0.717, 1.165) is 38.9 Å². The second-order valence-electron chi connectivity index (χ2n) is 15.9. The van der Waals surface area contributed by atoms with E-state index < -0.39 is 55.7 Å². The average molecular weight is 821 g/mol. The Hall–Kier alpha value is -5.77. The topological polar surface area (TPSA) is 223 Å². The molecule has 4 atom stereocenters. The Balaban J connectivity index is 1.25. The molecular weight excluding hydrogens is 779 g/mol. The Labute approximate surface area is 337 Å². The van der Waals surface area contributed by atoms with Gasteiger partial charge in [-0.25, -0.2) is 14.5 Å². The van der Waals surface area contributed by atoms with Gasteiger partial charge >= 0.3 is 7.82 Å². The zero-order valence-corrected chi connectivity index (χ0v) is 33.4. The summed E-state index contributed by atoms with van der Waals surface area (Å²) in [5.41, 5.74) is 3.34. The molecule has 4 aliphatic rings. The van der Waals surface area contributed by atoms with Crippen molar-refractivity contribution in [2.24, 2.45) is 5.92 Å². The minimum Gasteiger partial charge on any atom is -0.469 e. The van der Waals surface area contributed by atoms with Crippen LogP contribution in [0.5, 0.6) is 5.75 Å². The van der Waals surface area contributed by atoms with E-state index >= 15 is 0 Å². The molecule has 304 valence electrons. The smallest absolute Gasteiger partial charge is 0.469 e. The summed E-state index contributed by atoms with van der Waals surface area (Å²) in [6, 6.07) is 15.5. The molecule has 3 aromatic heterocycles. The summed E-state index contributed by atoms with van der Waals surface area (Å²) < 4.78 is 38.8. The van der Waals surface area contributed by atoms with E-state index in [1.807, 2.05) is 68.4 Å². The van der Waals surface area contributed by atoms with Gasteiger partial charge in [0.15, 0.2) is 23.4 Å². The second-order valence-corrected chi connectivity index (χ2v) is 17.2. The number of oxazole rings is 2. The first-order valence-corrected chi connectivity index (χ1v) is 21.1. The number of carbonyl (C=O) groups is 2. The number of rotatable bonds is 8. The zero-order chi connectivity index (χ0) is 41.2. The molecule has 7 heterocycles. The van der Waals surface area contributed by atoms with Gasteiger partial charge in [-0.15, -0.1) is 0 Å². The van der Waals surface area contributed by atoms with Gasteiger partial charge in [-0.2, -0.15) is 0 Å². The number of phosphoric ester groups is 1. The summed E-state index contributed by atoms with van der Waals surface area (Å²) in [7, 11) is -4.82. The van der Waals surface area contributed by atoms with Crippen molar-refractivity contribution < 1.29 is 47.1 Å². The number of para-hydroxylation sites is 1. The number of amides is 2. The summed E-state index contributed by atoms with van der Waals surface area (Å²) in [6.45, 7) is 6.87. The number of fused-ring (bicyclic) bond motifs is 7. The standard InChI is InChI=1S/C42H41N6O10P/c1-5-41(51,6-2)39(50)44-27-16-21-13-14-29-26(15-21)42-25-11-7-10-23(33(25)47-40(42)57-29)22-9-8-12-28-31(22)24(18-48(28)19-55-59(52,53)54)30-17-43-37(56-30)34-35(42)58-38(46-34)32(20(3)4)45-36(27)49/h7-15,17-18,20,27,32,40,47,51H,5-6,16,19H2,1-4H3,(H,44,50)(H,45,49)(H2,52,53,54)/t27-,32?,40?,42?/m0/s1. The van der Waals surface area contributed by atoms with Crippen molar-refractivity contribution in [1.82, 2.24) is 25.2 Å². The van der Waals surface area contributed by atoms with Gasteiger partial charge < -0.3 is 49.0 Å². The summed E-state index contributed by atoms with van der Waals surface area (Å²) >= 11 is 0. The lowest BCUT2D eigenvalue weighted by molar-refractivity contribution is -0.143. The maximum atomic E-state index is 14.3. The maximum Gasteiger partial charge on any atom is 0.471 e. The molecule has 59 heavy (non-hydrogen) atoms. The van der Waals surface area contributed by atoms with E-state index in [1.165, 1.54) is 0 Å². The molecule has 6 aromatic rings. The molecular formula is C42H41N6O10P. The minimum atomic E-state index is -4.82. The van der Waals surface area contributed by atoms with E-state index in [2.05, 4.69) is 16.0 Å². The molecule has 3 unspecified atom stereocenters. The number of hydrogen-bond donors (Lipinski definition) is 6. The van der Waals surface area contributed by atoms with Crippen LogP contribution >= 0.6 is 7.82 Å². The highest BCUT2D eigenvalue weighted by molar-refractivity contribution is 7.46. The number of phosphoric acid groups is 1. The summed E-state index contributed by atoms with van der Waals surface area (Å²) in [5.74, 6) is 0.276. The van der Waals surface area contributed by atoms with Crippen LogP contribution in [0.3, 0.4) is 0 Å². The Morgan fingerprint density at radius 2 is 1.85 bits per heavy atom. The molecule has 0 fully saturated rings. The van der Waals surface area contributed by atoms with Crippen molar-refractivity contribution in [1.29, 1.82) is 0 Å². The Kier molecular flexibility index (Phi) is 8.34. The number of nitrogens with zero attached hydrogens (tertiary/aromatic N) is 3. The fraction of sp³-hybridized carbons (Fsp3) is 0.333. The average Bonchev–Trinajstić information content (AvgIpc) is 4.04. The Bertz CT molecular complexity index is 2780. The van der Waals surface area contributed by atoms with Crippen LogP contribution in [-0.4, -0.2) is 59.1 Å². The van der Waals surface area contributed by atoms with Crippen LogP contribution in [0.1, 0.15) is 74.9 Å². The number of nitrogens with one attached hydrogen (secondary N) is 3. The van der Waals surface area contributed by atoms with E-state index in [-0.39, 0.29) is 42.7 Å². The molecule has 10 rings (SSSR count). The summed E-state index contributed by atoms with van der Waals surface area (Å²) in [5, 5.41) is 21.6. The SMILES string of the molecule is CCC(O)(CC)C(=O)N[C@H]1Cc2ccc3c(c2)C24c5cccc(c5NC2O3)-c2cccc3c2c(cn3COP(=O)(O)O)-c2cnc(o2)-c2nc(oc24)C(C(C)C)NC1=O. The molecule has 6 N–H and O–H groups in total. The van der Waals surface area contributed by atoms with Gasteiger partial charge in [0.2, 0.25) is 17.7 Å². The maximum absolute atomic E-state index is 14.3. The van der Waals surface area contributed by atoms with Gasteiger partial charge in [0, 0.05) is 45.9 Å². The summed E-state index contributed by atoms with van der Waals surface area (Å²) in [6.07, 6.45) is 2.97. The molecule has 10 bridgehead atoms. The van der Waals surface area contributed by atoms with Crippen LogP contribution < -0.4 is 20.7 Å². The van der Waals surface area contributed by atoms with Gasteiger partial charge in [-0.3, -0.25) is 14.1 Å². The highest BCUT2D eigenvalue weighted by Gasteiger charge is 2.61. The first-order chi connectivity index (χ1) is 28.2. The molecule has 0 aliphatic carbocycles.